The van der Waals surface area contributed by atoms with Gasteiger partial charge in [-0.15, -0.1) is 0 Å². The smallest absolute Gasteiger partial charge is 0.253 e. The van der Waals surface area contributed by atoms with Crippen LogP contribution < -0.4 is 5.32 Å². The van der Waals surface area contributed by atoms with Crippen LogP contribution in [0.5, 0.6) is 0 Å². The van der Waals surface area contributed by atoms with Crippen LogP contribution in [-0.4, -0.2) is 31.3 Å². The van der Waals surface area contributed by atoms with Gasteiger partial charge in [0.2, 0.25) is 0 Å². The van der Waals surface area contributed by atoms with Gasteiger partial charge >= 0.3 is 0 Å². The Bertz CT molecular complexity index is 467. The van der Waals surface area contributed by atoms with Gasteiger partial charge in [-0.2, -0.15) is 0 Å². The third kappa shape index (κ3) is 4.05. The largest absolute Gasteiger partial charge is 0.376 e. The molecule has 1 saturated heterocycles. The van der Waals surface area contributed by atoms with Crippen LogP contribution >= 0.6 is 0 Å². The molecule has 0 spiro atoms. The quantitative estimate of drug-likeness (QED) is 0.900. The molecule has 0 saturated carbocycles. The first-order chi connectivity index (χ1) is 9.56. The van der Waals surface area contributed by atoms with Crippen molar-refractivity contribution >= 4 is 11.6 Å². The van der Waals surface area contributed by atoms with Gasteiger partial charge < -0.3 is 14.8 Å². The summed E-state index contributed by atoms with van der Waals surface area (Å²) in [7, 11) is 0. The normalized spacial score (nSPS) is 19.9. The Morgan fingerprint density at radius 1 is 1.45 bits per heavy atom. The topological polar surface area (TPSA) is 47.6 Å². The Balaban J connectivity index is 1.81. The Morgan fingerprint density at radius 3 is 2.90 bits per heavy atom. The van der Waals surface area contributed by atoms with Crippen LogP contribution in [0.3, 0.4) is 0 Å². The van der Waals surface area contributed by atoms with E-state index < -0.39 is 6.10 Å². The van der Waals surface area contributed by atoms with Crippen molar-refractivity contribution in [2.75, 3.05) is 18.5 Å². The third-order valence-corrected chi connectivity index (χ3v) is 3.70. The molecule has 0 radical (unpaired) electrons. The molecule has 0 aromatic heterocycles. The van der Waals surface area contributed by atoms with E-state index in [0.717, 1.165) is 30.7 Å². The number of anilines is 1. The molecule has 1 N–H and O–H groups in total. The van der Waals surface area contributed by atoms with Gasteiger partial charge in [-0.3, -0.25) is 4.79 Å². The van der Waals surface area contributed by atoms with E-state index in [1.807, 2.05) is 32.0 Å². The standard InChI is InChI=1S/C16H23NO3/c1-11-6-7-14(9-12(11)2)17-16(18)13(3)20-10-15-5-4-8-19-15/h6-7,9,13,15H,4-5,8,10H2,1-3H3,(H,17,18)/t13-,15-/m1/s1. The molecular formula is C16H23NO3. The molecular weight excluding hydrogens is 254 g/mol. The average Bonchev–Trinajstić information content (AvgIpc) is 2.93. The maximum Gasteiger partial charge on any atom is 0.253 e. The van der Waals surface area contributed by atoms with Crippen molar-refractivity contribution in [2.24, 2.45) is 0 Å². The van der Waals surface area contributed by atoms with Crippen LogP contribution in [0.4, 0.5) is 5.69 Å². The summed E-state index contributed by atoms with van der Waals surface area (Å²) in [5.41, 5.74) is 3.19. The molecule has 1 aliphatic heterocycles. The van der Waals surface area contributed by atoms with Crippen molar-refractivity contribution in [3.63, 3.8) is 0 Å². The molecule has 1 fully saturated rings. The van der Waals surface area contributed by atoms with Gasteiger partial charge in [0, 0.05) is 12.3 Å². The van der Waals surface area contributed by atoms with Crippen molar-refractivity contribution in [1.82, 2.24) is 0 Å². The molecule has 1 aromatic rings. The summed E-state index contributed by atoms with van der Waals surface area (Å²) in [6, 6.07) is 5.88. The second-order valence-corrected chi connectivity index (χ2v) is 5.40. The molecule has 0 bridgehead atoms. The number of carbonyl (C=O) groups is 1. The highest BCUT2D eigenvalue weighted by Gasteiger charge is 2.19. The first-order valence-corrected chi connectivity index (χ1v) is 7.17. The van der Waals surface area contributed by atoms with E-state index in [-0.39, 0.29) is 12.0 Å². The number of nitrogens with one attached hydrogen (secondary N) is 1. The van der Waals surface area contributed by atoms with E-state index in [0.29, 0.717) is 6.61 Å². The molecule has 1 amide bonds. The van der Waals surface area contributed by atoms with Crippen LogP contribution in [0.1, 0.15) is 30.9 Å². The maximum atomic E-state index is 12.0. The lowest BCUT2D eigenvalue weighted by Gasteiger charge is -2.16. The molecule has 4 nitrogen and oxygen atoms in total. The number of rotatable bonds is 5. The van der Waals surface area contributed by atoms with E-state index in [4.69, 9.17) is 9.47 Å². The SMILES string of the molecule is Cc1ccc(NC(=O)[C@@H](C)OC[C@H]2CCCO2)cc1C. The summed E-state index contributed by atoms with van der Waals surface area (Å²) < 4.78 is 11.1. The number of ether oxygens (including phenoxy) is 2. The van der Waals surface area contributed by atoms with Crippen molar-refractivity contribution in [3.05, 3.63) is 29.3 Å². The number of amides is 1. The summed E-state index contributed by atoms with van der Waals surface area (Å²) in [5.74, 6) is -0.119. The fraction of sp³-hybridized carbons (Fsp3) is 0.562. The van der Waals surface area contributed by atoms with E-state index in [1.54, 1.807) is 6.92 Å². The van der Waals surface area contributed by atoms with Crippen LogP contribution in [0.2, 0.25) is 0 Å². The number of hydrogen-bond acceptors (Lipinski definition) is 3. The average molecular weight is 277 g/mol. The lowest BCUT2D eigenvalue weighted by atomic mass is 10.1. The minimum Gasteiger partial charge on any atom is -0.376 e. The fourth-order valence-corrected chi connectivity index (χ4v) is 2.17. The monoisotopic (exact) mass is 277 g/mol. The molecule has 1 aromatic carbocycles. The summed E-state index contributed by atoms with van der Waals surface area (Å²) in [6.07, 6.45) is 1.77. The van der Waals surface area contributed by atoms with E-state index in [2.05, 4.69) is 5.32 Å². The zero-order valence-electron chi connectivity index (χ0n) is 12.4. The van der Waals surface area contributed by atoms with Crippen LogP contribution in [0.25, 0.3) is 0 Å². The Morgan fingerprint density at radius 2 is 2.25 bits per heavy atom. The Labute approximate surface area is 120 Å². The zero-order valence-corrected chi connectivity index (χ0v) is 12.4. The molecule has 0 unspecified atom stereocenters. The highest BCUT2D eigenvalue weighted by molar-refractivity contribution is 5.94. The first-order valence-electron chi connectivity index (χ1n) is 7.17. The van der Waals surface area contributed by atoms with Crippen molar-refractivity contribution < 1.29 is 14.3 Å². The summed E-state index contributed by atoms with van der Waals surface area (Å²) >= 11 is 0. The number of aryl methyl sites for hydroxylation is 2. The summed E-state index contributed by atoms with van der Waals surface area (Å²) in [5, 5.41) is 2.88. The summed E-state index contributed by atoms with van der Waals surface area (Å²) in [4.78, 5) is 12.0. The highest BCUT2D eigenvalue weighted by Crippen LogP contribution is 2.16. The molecule has 0 aliphatic carbocycles. The lowest BCUT2D eigenvalue weighted by Crippen LogP contribution is -2.30. The number of benzene rings is 1. The van der Waals surface area contributed by atoms with Gasteiger partial charge in [-0.1, -0.05) is 6.07 Å². The predicted octanol–water partition coefficient (Wildman–Crippen LogP) is 2.83. The minimum atomic E-state index is -0.471. The van der Waals surface area contributed by atoms with E-state index >= 15 is 0 Å². The van der Waals surface area contributed by atoms with Crippen LogP contribution in [0.15, 0.2) is 18.2 Å². The lowest BCUT2D eigenvalue weighted by molar-refractivity contribution is -0.128. The molecule has 2 atom stereocenters. The molecule has 4 heteroatoms. The first kappa shape index (κ1) is 15.0. The second kappa shape index (κ2) is 6.86. The Kier molecular flexibility index (Phi) is 5.15. The van der Waals surface area contributed by atoms with Gasteiger partial charge in [0.25, 0.3) is 5.91 Å². The van der Waals surface area contributed by atoms with Crippen LogP contribution in [-0.2, 0) is 14.3 Å². The molecule has 20 heavy (non-hydrogen) atoms. The number of hydrogen-bond donors (Lipinski definition) is 1. The van der Waals surface area contributed by atoms with Crippen molar-refractivity contribution in [1.29, 1.82) is 0 Å². The highest BCUT2D eigenvalue weighted by atomic mass is 16.5. The third-order valence-electron chi connectivity index (χ3n) is 3.70. The van der Waals surface area contributed by atoms with Gasteiger partial charge in [-0.05, 0) is 56.9 Å². The maximum absolute atomic E-state index is 12.0. The van der Waals surface area contributed by atoms with Crippen molar-refractivity contribution in [2.45, 2.75) is 45.8 Å². The summed E-state index contributed by atoms with van der Waals surface area (Å²) in [6.45, 7) is 7.14. The molecule has 1 aliphatic rings. The fourth-order valence-electron chi connectivity index (χ4n) is 2.17. The van der Waals surface area contributed by atoms with Gasteiger partial charge in [-0.25, -0.2) is 0 Å². The molecule has 110 valence electrons. The predicted molar refractivity (Wildman–Crippen MR) is 78.9 cm³/mol. The van der Waals surface area contributed by atoms with Gasteiger partial charge in [0.1, 0.15) is 6.10 Å². The van der Waals surface area contributed by atoms with Gasteiger partial charge in [0.05, 0.1) is 12.7 Å². The van der Waals surface area contributed by atoms with Crippen LogP contribution in [0, 0.1) is 13.8 Å². The van der Waals surface area contributed by atoms with Gasteiger partial charge in [0.15, 0.2) is 0 Å². The molecule has 2 rings (SSSR count). The number of carbonyl (C=O) groups excluding carboxylic acids is 1. The minimum absolute atomic E-state index is 0.119. The van der Waals surface area contributed by atoms with E-state index in [9.17, 15) is 4.79 Å². The zero-order chi connectivity index (χ0) is 14.5. The second-order valence-electron chi connectivity index (χ2n) is 5.40. The molecule has 1 heterocycles. The van der Waals surface area contributed by atoms with Crippen molar-refractivity contribution in [3.8, 4) is 0 Å². The Hall–Kier alpha value is -1.39. The van der Waals surface area contributed by atoms with E-state index in [1.165, 1.54) is 5.56 Å².